The van der Waals surface area contributed by atoms with Crippen LogP contribution in [0.15, 0.2) is 18.8 Å². The quantitative estimate of drug-likeness (QED) is 0.752. The minimum atomic E-state index is -2.75. The van der Waals surface area contributed by atoms with Crippen LogP contribution in [-0.4, -0.2) is 10.1 Å². The molecule has 0 fully saturated rings. The topological polar surface area (TPSA) is 33.1 Å². The summed E-state index contributed by atoms with van der Waals surface area (Å²) < 4.78 is 24.5. The minimum absolute atomic E-state index is 0.123. The lowest BCUT2D eigenvalue weighted by molar-refractivity contribution is 0.145. The van der Waals surface area contributed by atoms with Gasteiger partial charge in [-0.2, -0.15) is 0 Å². The lowest BCUT2D eigenvalue weighted by Crippen LogP contribution is -1.97. The first-order valence-electron chi connectivity index (χ1n) is 3.34. The van der Waals surface area contributed by atoms with E-state index in [4.69, 9.17) is 16.7 Å². The standard InChI is InChI=1S/C8H6ClF2NO/c1-4(13)6-2-5(9)3-12-7(6)8(10)11/h2-3,8,13H,1H2. The van der Waals surface area contributed by atoms with Gasteiger partial charge in [0.15, 0.2) is 0 Å². The van der Waals surface area contributed by atoms with Gasteiger partial charge in [0.2, 0.25) is 0 Å². The van der Waals surface area contributed by atoms with Crippen LogP contribution in [0, 0.1) is 0 Å². The second-order valence-corrected chi connectivity index (χ2v) is 2.77. The van der Waals surface area contributed by atoms with E-state index in [0.29, 0.717) is 0 Å². The third-order valence-corrected chi connectivity index (χ3v) is 1.61. The summed E-state index contributed by atoms with van der Waals surface area (Å²) in [6.07, 6.45) is -1.66. The van der Waals surface area contributed by atoms with E-state index in [2.05, 4.69) is 11.6 Å². The second kappa shape index (κ2) is 3.70. The monoisotopic (exact) mass is 205 g/mol. The third-order valence-electron chi connectivity index (χ3n) is 1.40. The molecule has 0 amide bonds. The lowest BCUT2D eigenvalue weighted by Gasteiger charge is -2.05. The number of rotatable bonds is 2. The first kappa shape index (κ1) is 9.92. The van der Waals surface area contributed by atoms with E-state index in [1.165, 1.54) is 6.07 Å². The smallest absolute Gasteiger partial charge is 0.281 e. The van der Waals surface area contributed by atoms with Gasteiger partial charge in [-0.1, -0.05) is 18.2 Å². The number of alkyl halides is 2. The molecule has 1 aromatic rings. The molecule has 0 unspecified atom stereocenters. The fourth-order valence-corrected chi connectivity index (χ4v) is 1.01. The van der Waals surface area contributed by atoms with Crippen molar-refractivity contribution in [2.24, 2.45) is 0 Å². The summed E-state index contributed by atoms with van der Waals surface area (Å²) in [6, 6.07) is 1.19. The molecule has 0 spiro atoms. The van der Waals surface area contributed by atoms with Crippen molar-refractivity contribution in [3.63, 3.8) is 0 Å². The minimum Gasteiger partial charge on any atom is -0.508 e. The van der Waals surface area contributed by atoms with Gasteiger partial charge < -0.3 is 5.11 Å². The van der Waals surface area contributed by atoms with Crippen LogP contribution in [0.5, 0.6) is 0 Å². The SMILES string of the molecule is C=C(O)c1cc(Cl)cnc1C(F)F. The summed E-state index contributed by atoms with van der Waals surface area (Å²) in [5.41, 5.74) is -0.639. The molecule has 0 aliphatic rings. The Balaban J connectivity index is 3.27. The van der Waals surface area contributed by atoms with Gasteiger partial charge in [0, 0.05) is 11.8 Å². The van der Waals surface area contributed by atoms with E-state index in [1.54, 1.807) is 0 Å². The molecule has 0 aromatic carbocycles. The number of nitrogens with zero attached hydrogens (tertiary/aromatic N) is 1. The summed E-state index contributed by atoms with van der Waals surface area (Å²) in [5.74, 6) is -0.467. The molecular weight excluding hydrogens is 200 g/mol. The zero-order valence-electron chi connectivity index (χ0n) is 6.47. The van der Waals surface area contributed by atoms with Crippen LogP contribution in [-0.2, 0) is 0 Å². The van der Waals surface area contributed by atoms with Crippen molar-refractivity contribution in [2.75, 3.05) is 0 Å². The van der Waals surface area contributed by atoms with Gasteiger partial charge in [-0.25, -0.2) is 8.78 Å². The Morgan fingerprint density at radius 3 is 2.69 bits per heavy atom. The Morgan fingerprint density at radius 2 is 2.23 bits per heavy atom. The van der Waals surface area contributed by atoms with Crippen molar-refractivity contribution in [2.45, 2.75) is 6.43 Å². The van der Waals surface area contributed by atoms with Crippen LogP contribution < -0.4 is 0 Å². The fourth-order valence-electron chi connectivity index (χ4n) is 0.855. The Labute approximate surface area is 78.5 Å². The van der Waals surface area contributed by atoms with Gasteiger partial charge in [0.05, 0.1) is 5.02 Å². The normalized spacial score (nSPS) is 10.5. The van der Waals surface area contributed by atoms with Crippen LogP contribution in [0.1, 0.15) is 17.7 Å². The Morgan fingerprint density at radius 1 is 1.62 bits per heavy atom. The molecule has 0 bridgehead atoms. The average Bonchev–Trinajstić information content (AvgIpc) is 2.03. The van der Waals surface area contributed by atoms with Crippen LogP contribution in [0.2, 0.25) is 5.02 Å². The van der Waals surface area contributed by atoms with Crippen molar-refractivity contribution in [1.82, 2.24) is 4.98 Å². The highest BCUT2D eigenvalue weighted by Gasteiger charge is 2.16. The van der Waals surface area contributed by atoms with Crippen LogP contribution in [0.3, 0.4) is 0 Å². The van der Waals surface area contributed by atoms with Gasteiger partial charge in [-0.3, -0.25) is 4.98 Å². The zero-order chi connectivity index (χ0) is 10.0. The number of aliphatic hydroxyl groups excluding tert-OH is 1. The second-order valence-electron chi connectivity index (χ2n) is 2.33. The molecule has 0 saturated heterocycles. The summed E-state index contributed by atoms with van der Waals surface area (Å²) >= 11 is 5.51. The number of halogens is 3. The summed E-state index contributed by atoms with van der Waals surface area (Å²) in [5, 5.41) is 9.13. The van der Waals surface area contributed by atoms with Gasteiger partial charge in [-0.05, 0) is 6.07 Å². The summed E-state index contributed by atoms with van der Waals surface area (Å²) in [7, 11) is 0. The number of aliphatic hydroxyl groups is 1. The molecule has 0 radical (unpaired) electrons. The van der Waals surface area contributed by atoms with Crippen molar-refractivity contribution in [3.8, 4) is 0 Å². The maximum Gasteiger partial charge on any atom is 0.281 e. The highest BCUT2D eigenvalue weighted by atomic mass is 35.5. The van der Waals surface area contributed by atoms with E-state index in [9.17, 15) is 8.78 Å². The molecule has 0 aliphatic heterocycles. The average molecular weight is 206 g/mol. The zero-order valence-corrected chi connectivity index (χ0v) is 7.22. The molecule has 13 heavy (non-hydrogen) atoms. The summed E-state index contributed by atoms with van der Waals surface area (Å²) in [4.78, 5) is 3.40. The summed E-state index contributed by atoms with van der Waals surface area (Å²) in [6.45, 7) is 3.13. The Bertz CT molecular complexity index is 341. The first-order chi connectivity index (χ1) is 6.02. The lowest BCUT2D eigenvalue weighted by atomic mass is 10.2. The Kier molecular flexibility index (Phi) is 2.83. The molecule has 70 valence electrons. The molecule has 1 N–H and O–H groups in total. The number of pyridine rings is 1. The van der Waals surface area contributed by atoms with Gasteiger partial charge in [0.25, 0.3) is 6.43 Å². The predicted octanol–water partition coefficient (Wildman–Crippen LogP) is 3.20. The molecule has 0 atom stereocenters. The molecule has 0 saturated carbocycles. The van der Waals surface area contributed by atoms with E-state index < -0.39 is 17.9 Å². The molecular formula is C8H6ClF2NO. The van der Waals surface area contributed by atoms with Crippen molar-refractivity contribution in [3.05, 3.63) is 35.1 Å². The number of hydrogen-bond donors (Lipinski definition) is 1. The van der Waals surface area contributed by atoms with Crippen LogP contribution in [0.25, 0.3) is 5.76 Å². The van der Waals surface area contributed by atoms with Crippen LogP contribution in [0.4, 0.5) is 8.78 Å². The predicted molar refractivity (Wildman–Crippen MR) is 45.9 cm³/mol. The van der Waals surface area contributed by atoms with Gasteiger partial charge in [-0.15, -0.1) is 0 Å². The first-order valence-corrected chi connectivity index (χ1v) is 3.72. The van der Waals surface area contributed by atoms with Gasteiger partial charge in [0.1, 0.15) is 11.5 Å². The molecule has 1 heterocycles. The van der Waals surface area contributed by atoms with Gasteiger partial charge >= 0.3 is 0 Å². The van der Waals surface area contributed by atoms with Crippen LogP contribution >= 0.6 is 11.6 Å². The van der Waals surface area contributed by atoms with E-state index in [1.807, 2.05) is 0 Å². The Hall–Kier alpha value is -1.16. The molecule has 1 aromatic heterocycles. The third kappa shape index (κ3) is 2.15. The van der Waals surface area contributed by atoms with E-state index in [-0.39, 0.29) is 10.6 Å². The largest absolute Gasteiger partial charge is 0.508 e. The maximum absolute atomic E-state index is 12.3. The number of aromatic nitrogens is 1. The molecule has 5 heteroatoms. The highest BCUT2D eigenvalue weighted by molar-refractivity contribution is 6.30. The molecule has 2 nitrogen and oxygen atoms in total. The van der Waals surface area contributed by atoms with Crippen molar-refractivity contribution in [1.29, 1.82) is 0 Å². The van der Waals surface area contributed by atoms with Crippen molar-refractivity contribution < 1.29 is 13.9 Å². The number of hydrogen-bond acceptors (Lipinski definition) is 2. The maximum atomic E-state index is 12.3. The van der Waals surface area contributed by atoms with Crippen molar-refractivity contribution >= 4 is 17.4 Å². The highest BCUT2D eigenvalue weighted by Crippen LogP contribution is 2.26. The van der Waals surface area contributed by atoms with E-state index in [0.717, 1.165) is 6.20 Å². The molecule has 1 rings (SSSR count). The fraction of sp³-hybridized carbons (Fsp3) is 0.125. The van der Waals surface area contributed by atoms with E-state index >= 15 is 0 Å². The molecule has 0 aliphatic carbocycles.